The highest BCUT2D eigenvalue weighted by Gasteiger charge is 2.38. The number of likely N-dealkylation sites (tertiary alicyclic amines) is 1. The molecule has 1 N–H and O–H groups in total. The first-order valence-electron chi connectivity index (χ1n) is 11.8. The molecule has 212 valence electrons. The van der Waals surface area contributed by atoms with Crippen molar-refractivity contribution in [3.8, 4) is 11.4 Å². The number of nitrogens with one attached hydrogen (secondary N) is 1. The van der Waals surface area contributed by atoms with Gasteiger partial charge in [-0.2, -0.15) is 26.3 Å². The topological polar surface area (TPSA) is 100 Å². The second-order valence-electron chi connectivity index (χ2n) is 9.23. The molecule has 0 atom stereocenters. The normalized spacial score (nSPS) is 15.8. The van der Waals surface area contributed by atoms with Gasteiger partial charge in [0.25, 0.3) is 5.91 Å². The molecule has 0 unspecified atom stereocenters. The van der Waals surface area contributed by atoms with Gasteiger partial charge in [0.15, 0.2) is 5.82 Å². The zero-order chi connectivity index (χ0) is 29.0. The van der Waals surface area contributed by atoms with Crippen LogP contribution in [0.1, 0.15) is 44.2 Å². The molecule has 3 amide bonds. The molecule has 1 aliphatic heterocycles. The average molecular weight is 560 g/mol. The Kier molecular flexibility index (Phi) is 8.70. The maximum absolute atomic E-state index is 13.1. The number of alkyl halides is 6. The van der Waals surface area contributed by atoms with Gasteiger partial charge in [-0.25, -0.2) is 9.67 Å². The molecule has 15 heteroatoms. The van der Waals surface area contributed by atoms with Crippen LogP contribution in [-0.2, 0) is 26.7 Å². The fourth-order valence-corrected chi connectivity index (χ4v) is 4.27. The molecule has 9 nitrogen and oxygen atoms in total. The van der Waals surface area contributed by atoms with E-state index in [1.807, 2.05) is 6.92 Å². The van der Waals surface area contributed by atoms with Crippen molar-refractivity contribution in [2.45, 2.75) is 45.5 Å². The van der Waals surface area contributed by atoms with Crippen molar-refractivity contribution < 1.29 is 40.7 Å². The molecular weight excluding hydrogens is 534 g/mol. The molecule has 2 aromatic rings. The predicted octanol–water partition coefficient (Wildman–Crippen LogP) is 3.98. The predicted molar refractivity (Wildman–Crippen MR) is 126 cm³/mol. The Morgan fingerprint density at radius 1 is 1.08 bits per heavy atom. The summed E-state index contributed by atoms with van der Waals surface area (Å²) in [6, 6.07) is 0.994. The van der Waals surface area contributed by atoms with Crippen molar-refractivity contribution in [2.75, 3.05) is 19.6 Å². The van der Waals surface area contributed by atoms with E-state index in [-0.39, 0.29) is 23.9 Å². The van der Waals surface area contributed by atoms with Gasteiger partial charge in [-0.1, -0.05) is 6.92 Å². The van der Waals surface area contributed by atoms with Gasteiger partial charge in [0.1, 0.15) is 6.33 Å². The lowest BCUT2D eigenvalue weighted by atomic mass is 9.76. The van der Waals surface area contributed by atoms with Crippen LogP contribution in [0.5, 0.6) is 0 Å². The number of carbonyl (C=O) groups is 3. The number of hydrogen-bond acceptors (Lipinski definition) is 5. The van der Waals surface area contributed by atoms with E-state index in [0.717, 1.165) is 28.3 Å². The number of benzene rings is 1. The standard InChI is InChI=1S/C24H26F6N6O3/c1-3-22(5-8-34(9-6-22)16(2)38)13-36(15-37)32-20(39)4-7-35-14-31-21(33-35)17-10-18(23(25,26)27)12-19(11-17)24(28,29)30/h4,7,10-12,14-15H,3,5-6,8-9,13H2,1-2H3,(H,32,39)/b7-4-. The number of piperidine rings is 1. The maximum atomic E-state index is 13.1. The summed E-state index contributed by atoms with van der Waals surface area (Å²) < 4.78 is 79.7. The van der Waals surface area contributed by atoms with Crippen LogP contribution in [0.2, 0.25) is 0 Å². The molecule has 39 heavy (non-hydrogen) atoms. The highest BCUT2D eigenvalue weighted by molar-refractivity contribution is 5.90. The van der Waals surface area contributed by atoms with E-state index in [4.69, 9.17) is 0 Å². The molecule has 1 aliphatic rings. The zero-order valence-electron chi connectivity index (χ0n) is 21.0. The van der Waals surface area contributed by atoms with E-state index in [1.165, 1.54) is 6.92 Å². The van der Waals surface area contributed by atoms with Gasteiger partial charge in [-0.3, -0.25) is 24.8 Å². The third-order valence-electron chi connectivity index (χ3n) is 6.64. The summed E-state index contributed by atoms with van der Waals surface area (Å²) in [6.45, 7) is 4.73. The molecule has 0 spiro atoms. The lowest BCUT2D eigenvalue weighted by Crippen LogP contribution is -2.51. The third-order valence-corrected chi connectivity index (χ3v) is 6.64. The summed E-state index contributed by atoms with van der Waals surface area (Å²) in [5.74, 6) is -1.19. The van der Waals surface area contributed by atoms with E-state index in [0.29, 0.717) is 50.9 Å². The summed E-state index contributed by atoms with van der Waals surface area (Å²) in [5, 5.41) is 4.92. The molecule has 1 aromatic carbocycles. The van der Waals surface area contributed by atoms with E-state index in [2.05, 4.69) is 15.5 Å². The summed E-state index contributed by atoms with van der Waals surface area (Å²) in [5.41, 5.74) is -1.42. The molecule has 0 aliphatic carbocycles. The average Bonchev–Trinajstić information content (AvgIpc) is 3.35. The van der Waals surface area contributed by atoms with Gasteiger partial charge in [-0.05, 0) is 42.9 Å². The fourth-order valence-electron chi connectivity index (χ4n) is 4.27. The molecule has 2 heterocycles. The monoisotopic (exact) mass is 560 g/mol. The first kappa shape index (κ1) is 29.6. The van der Waals surface area contributed by atoms with Crippen LogP contribution in [0.15, 0.2) is 30.6 Å². The van der Waals surface area contributed by atoms with Gasteiger partial charge in [0, 0.05) is 44.4 Å². The maximum Gasteiger partial charge on any atom is 0.416 e. The molecule has 1 fully saturated rings. The lowest BCUT2D eigenvalue weighted by molar-refractivity contribution is -0.143. The number of carbonyl (C=O) groups excluding carboxylic acids is 3. The van der Waals surface area contributed by atoms with Crippen LogP contribution in [0.25, 0.3) is 17.6 Å². The zero-order valence-corrected chi connectivity index (χ0v) is 21.0. The quantitative estimate of drug-likeness (QED) is 0.228. The summed E-state index contributed by atoms with van der Waals surface area (Å²) in [7, 11) is 0. The van der Waals surface area contributed by atoms with Crippen molar-refractivity contribution in [2.24, 2.45) is 5.41 Å². The SMILES string of the molecule is CCC1(CN(C=O)NC(=O)/C=C\n2cnc(-c3cc(C(F)(F)F)cc(C(F)(F)F)c3)n2)CCN(C(C)=O)CC1. The van der Waals surface area contributed by atoms with E-state index in [9.17, 15) is 40.7 Å². The van der Waals surface area contributed by atoms with Gasteiger partial charge in [-0.15, -0.1) is 5.10 Å². The second-order valence-corrected chi connectivity index (χ2v) is 9.23. The van der Waals surface area contributed by atoms with Crippen LogP contribution in [0.4, 0.5) is 26.3 Å². The Morgan fingerprint density at radius 2 is 1.67 bits per heavy atom. The molecule has 0 saturated carbocycles. The Balaban J connectivity index is 1.69. The van der Waals surface area contributed by atoms with Gasteiger partial charge in [0.2, 0.25) is 12.3 Å². The van der Waals surface area contributed by atoms with Crippen molar-refractivity contribution in [3.05, 3.63) is 41.7 Å². The number of aromatic nitrogens is 3. The highest BCUT2D eigenvalue weighted by Crippen LogP contribution is 2.38. The fraction of sp³-hybridized carbons (Fsp3) is 0.458. The Labute approximate surface area is 219 Å². The van der Waals surface area contributed by atoms with Crippen molar-refractivity contribution in [1.82, 2.24) is 30.1 Å². The first-order chi connectivity index (χ1) is 18.2. The smallest absolute Gasteiger partial charge is 0.343 e. The molecule has 3 rings (SSSR count). The number of nitrogens with zero attached hydrogens (tertiary/aromatic N) is 5. The number of halogens is 6. The summed E-state index contributed by atoms with van der Waals surface area (Å²) in [6.07, 6.45) is -4.54. The van der Waals surface area contributed by atoms with Crippen LogP contribution < -0.4 is 5.43 Å². The summed E-state index contributed by atoms with van der Waals surface area (Å²) in [4.78, 5) is 41.1. The minimum Gasteiger partial charge on any atom is -0.343 e. The molecule has 0 bridgehead atoms. The van der Waals surface area contributed by atoms with E-state index in [1.54, 1.807) is 4.90 Å². The number of rotatable bonds is 8. The highest BCUT2D eigenvalue weighted by atomic mass is 19.4. The Hall–Kier alpha value is -3.91. The van der Waals surface area contributed by atoms with Gasteiger partial charge >= 0.3 is 12.4 Å². The molecule has 1 saturated heterocycles. The molecular formula is C24H26F6N6O3. The minimum atomic E-state index is -5.03. The second kappa shape index (κ2) is 11.5. The van der Waals surface area contributed by atoms with Crippen LogP contribution in [0.3, 0.4) is 0 Å². The van der Waals surface area contributed by atoms with Crippen LogP contribution in [0, 0.1) is 5.41 Å². The first-order valence-corrected chi connectivity index (χ1v) is 11.8. The van der Waals surface area contributed by atoms with Crippen molar-refractivity contribution in [3.63, 3.8) is 0 Å². The lowest BCUT2D eigenvalue weighted by Gasteiger charge is -2.42. The molecule has 0 radical (unpaired) electrons. The molecule has 1 aromatic heterocycles. The van der Waals surface area contributed by atoms with Crippen molar-refractivity contribution in [1.29, 1.82) is 0 Å². The number of hydrazine groups is 1. The number of amides is 3. The largest absolute Gasteiger partial charge is 0.416 e. The Bertz CT molecular complexity index is 1200. The van der Waals surface area contributed by atoms with Crippen molar-refractivity contribution >= 4 is 24.4 Å². The van der Waals surface area contributed by atoms with Crippen LogP contribution in [-0.4, -0.2) is 62.5 Å². The van der Waals surface area contributed by atoms with E-state index >= 15 is 0 Å². The van der Waals surface area contributed by atoms with Gasteiger partial charge < -0.3 is 4.90 Å². The number of hydrogen-bond donors (Lipinski definition) is 1. The Morgan fingerprint density at radius 3 is 2.15 bits per heavy atom. The third kappa shape index (κ3) is 7.57. The minimum absolute atomic E-state index is 0.00115. The van der Waals surface area contributed by atoms with E-state index < -0.39 is 40.8 Å². The van der Waals surface area contributed by atoms with Crippen LogP contribution >= 0.6 is 0 Å². The summed E-state index contributed by atoms with van der Waals surface area (Å²) >= 11 is 0. The van der Waals surface area contributed by atoms with Gasteiger partial charge in [0.05, 0.1) is 11.1 Å².